The van der Waals surface area contributed by atoms with E-state index in [1.807, 2.05) is 48.7 Å². The molecule has 0 atom stereocenters. The lowest BCUT2D eigenvalue weighted by atomic mass is 10.0. The van der Waals surface area contributed by atoms with Crippen LogP contribution in [0.25, 0.3) is 22.4 Å². The zero-order valence-corrected chi connectivity index (χ0v) is 20.3. The van der Waals surface area contributed by atoms with Gasteiger partial charge in [0.1, 0.15) is 11.4 Å². The van der Waals surface area contributed by atoms with Crippen LogP contribution in [0.1, 0.15) is 22.3 Å². The van der Waals surface area contributed by atoms with Crippen LogP contribution >= 0.6 is 11.8 Å². The van der Waals surface area contributed by atoms with Crippen LogP contribution in [0.3, 0.4) is 0 Å². The van der Waals surface area contributed by atoms with Crippen molar-refractivity contribution in [3.8, 4) is 11.4 Å². The largest absolute Gasteiger partial charge is 0.422 e. The number of halogens is 1. The number of fused-ring (bicyclic) bond motifs is 1. The van der Waals surface area contributed by atoms with Gasteiger partial charge in [0.25, 0.3) is 0 Å². The Morgan fingerprint density at radius 1 is 0.971 bits per heavy atom. The van der Waals surface area contributed by atoms with Crippen LogP contribution in [0.15, 0.2) is 87.2 Å². The Bertz CT molecular complexity index is 1560. The van der Waals surface area contributed by atoms with Gasteiger partial charge in [-0.05, 0) is 54.7 Å². The Kier molecular flexibility index (Phi) is 6.51. The maximum Gasteiger partial charge on any atom is 0.336 e. The molecule has 0 amide bonds. The zero-order valence-electron chi connectivity index (χ0n) is 19.5. The van der Waals surface area contributed by atoms with Gasteiger partial charge >= 0.3 is 5.63 Å². The second-order valence-corrected chi connectivity index (χ2v) is 9.38. The Morgan fingerprint density at radius 3 is 2.54 bits per heavy atom. The summed E-state index contributed by atoms with van der Waals surface area (Å²) in [5, 5.41) is 10.3. The van der Waals surface area contributed by atoms with Crippen LogP contribution < -0.4 is 5.63 Å². The highest BCUT2D eigenvalue weighted by Crippen LogP contribution is 2.31. The first-order valence-electron chi connectivity index (χ1n) is 11.4. The summed E-state index contributed by atoms with van der Waals surface area (Å²) in [6, 6.07) is 22.3. The molecule has 7 heteroatoms. The number of rotatable bonds is 7. The molecule has 0 aliphatic heterocycles. The molecule has 0 fully saturated rings. The molecule has 2 heterocycles. The van der Waals surface area contributed by atoms with Crippen molar-refractivity contribution < 1.29 is 8.81 Å². The average Bonchev–Trinajstić information content (AvgIpc) is 3.27. The van der Waals surface area contributed by atoms with Crippen LogP contribution in [0.2, 0.25) is 0 Å². The number of nitrogens with zero attached hydrogens (tertiary/aromatic N) is 3. The second kappa shape index (κ2) is 9.88. The first-order chi connectivity index (χ1) is 17.0. The van der Waals surface area contributed by atoms with Crippen molar-refractivity contribution in [1.29, 1.82) is 0 Å². The molecule has 5 aromatic rings. The van der Waals surface area contributed by atoms with E-state index in [4.69, 9.17) is 4.42 Å². The van der Waals surface area contributed by atoms with Gasteiger partial charge < -0.3 is 8.98 Å². The molecular weight excluding hydrogens is 461 g/mol. The van der Waals surface area contributed by atoms with E-state index in [0.717, 1.165) is 28.5 Å². The molecule has 0 aliphatic rings. The minimum atomic E-state index is -0.376. The smallest absolute Gasteiger partial charge is 0.336 e. The molecule has 0 bridgehead atoms. The lowest BCUT2D eigenvalue weighted by Crippen LogP contribution is -2.06. The van der Waals surface area contributed by atoms with Gasteiger partial charge in [-0.15, -0.1) is 10.2 Å². The van der Waals surface area contributed by atoms with Gasteiger partial charge in [-0.25, -0.2) is 9.18 Å². The highest BCUT2D eigenvalue weighted by Gasteiger charge is 2.18. The summed E-state index contributed by atoms with van der Waals surface area (Å²) < 4.78 is 22.1. The van der Waals surface area contributed by atoms with Crippen LogP contribution in [0.4, 0.5) is 4.39 Å². The quantitative estimate of drug-likeness (QED) is 0.199. The summed E-state index contributed by atoms with van der Waals surface area (Å²) in [7, 11) is 0. The highest BCUT2D eigenvalue weighted by molar-refractivity contribution is 7.98. The van der Waals surface area contributed by atoms with Gasteiger partial charge in [-0.3, -0.25) is 0 Å². The highest BCUT2D eigenvalue weighted by atomic mass is 32.2. The van der Waals surface area contributed by atoms with E-state index < -0.39 is 0 Å². The Labute approximate surface area is 206 Å². The molecule has 0 saturated carbocycles. The maximum atomic E-state index is 14.6. The van der Waals surface area contributed by atoms with Crippen molar-refractivity contribution in [3.05, 3.63) is 111 Å². The van der Waals surface area contributed by atoms with Crippen molar-refractivity contribution in [2.24, 2.45) is 0 Å². The van der Waals surface area contributed by atoms with Crippen molar-refractivity contribution in [3.63, 3.8) is 0 Å². The van der Waals surface area contributed by atoms with Gasteiger partial charge in [0.2, 0.25) is 0 Å². The Morgan fingerprint density at radius 2 is 1.74 bits per heavy atom. The fraction of sp³-hybridized carbons (Fsp3) is 0.179. The van der Waals surface area contributed by atoms with E-state index in [-0.39, 0.29) is 11.4 Å². The molecular formula is C28H24FN3O2S. The monoisotopic (exact) mass is 485 g/mol. The van der Waals surface area contributed by atoms with Crippen molar-refractivity contribution >= 4 is 22.7 Å². The fourth-order valence-electron chi connectivity index (χ4n) is 4.11. The third kappa shape index (κ3) is 4.77. The summed E-state index contributed by atoms with van der Waals surface area (Å²) in [6.07, 6.45) is 0.754. The fourth-order valence-corrected chi connectivity index (χ4v) is 5.07. The second-order valence-electron chi connectivity index (χ2n) is 8.44. The van der Waals surface area contributed by atoms with Crippen molar-refractivity contribution in [2.75, 3.05) is 0 Å². The van der Waals surface area contributed by atoms with Crippen molar-refractivity contribution in [2.45, 2.75) is 37.7 Å². The molecule has 0 aliphatic carbocycles. The minimum absolute atomic E-state index is 0.338. The Balaban J connectivity index is 1.50. The first-order valence-corrected chi connectivity index (χ1v) is 12.4. The van der Waals surface area contributed by atoms with E-state index in [1.165, 1.54) is 29.5 Å². The zero-order chi connectivity index (χ0) is 24.4. The third-order valence-corrected chi connectivity index (χ3v) is 7.19. The van der Waals surface area contributed by atoms with E-state index in [0.29, 0.717) is 34.4 Å². The van der Waals surface area contributed by atoms with Crippen LogP contribution in [-0.2, 0) is 18.7 Å². The molecule has 35 heavy (non-hydrogen) atoms. The summed E-state index contributed by atoms with van der Waals surface area (Å²) in [4.78, 5) is 12.3. The minimum Gasteiger partial charge on any atom is -0.422 e. The van der Waals surface area contributed by atoms with Gasteiger partial charge in [-0.1, -0.05) is 66.4 Å². The SMILES string of the molecule is Cc1ccc2c(CSc3nnc(-c4ccccc4F)n3CCc3ccccc3)cc(=O)oc2c1C. The standard InChI is InChI=1S/C28H24FN3O2S/c1-18-12-13-22-21(16-25(33)34-26(22)19(18)2)17-35-28-31-30-27(23-10-6-7-11-24(23)29)32(28)15-14-20-8-4-3-5-9-20/h3-13,16H,14-15,17H2,1-2H3. The van der Waals surface area contributed by atoms with Crippen molar-refractivity contribution in [1.82, 2.24) is 14.8 Å². The topological polar surface area (TPSA) is 60.9 Å². The summed E-state index contributed by atoms with van der Waals surface area (Å²) >= 11 is 1.48. The molecule has 5 nitrogen and oxygen atoms in total. The number of aromatic nitrogens is 3. The number of benzene rings is 3. The molecule has 176 valence electrons. The molecule has 3 aromatic carbocycles. The number of hydrogen-bond acceptors (Lipinski definition) is 5. The van der Waals surface area contributed by atoms with E-state index >= 15 is 0 Å². The molecule has 0 radical (unpaired) electrons. The predicted molar refractivity (Wildman–Crippen MR) is 137 cm³/mol. The normalized spacial score (nSPS) is 11.3. The van der Waals surface area contributed by atoms with Crippen LogP contribution in [0, 0.1) is 19.7 Å². The lowest BCUT2D eigenvalue weighted by Gasteiger charge is -2.12. The molecule has 0 unspecified atom stereocenters. The molecule has 2 aromatic heterocycles. The molecule has 0 N–H and O–H groups in total. The maximum absolute atomic E-state index is 14.6. The van der Waals surface area contributed by atoms with E-state index in [9.17, 15) is 9.18 Å². The Hall–Kier alpha value is -3.71. The third-order valence-electron chi connectivity index (χ3n) is 6.17. The van der Waals surface area contributed by atoms with E-state index in [1.54, 1.807) is 18.2 Å². The number of hydrogen-bond donors (Lipinski definition) is 0. The van der Waals surface area contributed by atoms with Gasteiger partial charge in [0, 0.05) is 23.8 Å². The van der Waals surface area contributed by atoms with Gasteiger partial charge in [0.15, 0.2) is 11.0 Å². The van der Waals surface area contributed by atoms with Crippen LogP contribution in [0.5, 0.6) is 0 Å². The van der Waals surface area contributed by atoms with Crippen LogP contribution in [-0.4, -0.2) is 14.8 Å². The first kappa shape index (κ1) is 23.1. The average molecular weight is 486 g/mol. The summed E-state index contributed by atoms with van der Waals surface area (Å²) in [5.74, 6) is 0.658. The predicted octanol–water partition coefficient (Wildman–Crippen LogP) is 6.34. The summed E-state index contributed by atoms with van der Waals surface area (Å²) in [6.45, 7) is 4.55. The molecule has 5 rings (SSSR count). The lowest BCUT2D eigenvalue weighted by molar-refractivity contribution is 0.557. The van der Waals surface area contributed by atoms with E-state index in [2.05, 4.69) is 22.3 Å². The molecule has 0 spiro atoms. The van der Waals surface area contributed by atoms with Gasteiger partial charge in [-0.2, -0.15) is 0 Å². The van der Waals surface area contributed by atoms with Gasteiger partial charge in [0.05, 0.1) is 5.56 Å². The molecule has 0 saturated heterocycles. The number of thioether (sulfide) groups is 1. The summed E-state index contributed by atoms with van der Waals surface area (Å²) in [5.41, 5.74) is 4.73. The number of aryl methyl sites for hydroxylation is 3.